The molecule has 33 heavy (non-hydrogen) atoms. The van der Waals surface area contributed by atoms with Crippen LogP contribution in [-0.2, 0) is 4.74 Å². The minimum atomic E-state index is 0.385. The number of likely N-dealkylation sites (tertiary alicyclic amines) is 1. The molecule has 172 valence electrons. The summed E-state index contributed by atoms with van der Waals surface area (Å²) in [6, 6.07) is 2.99. The number of hydrogen-bond donors (Lipinski definition) is 1. The third-order valence-electron chi connectivity index (χ3n) is 7.80. The molecule has 2 saturated heterocycles. The van der Waals surface area contributed by atoms with Crippen LogP contribution < -0.4 is 0 Å². The Morgan fingerprint density at radius 1 is 1.09 bits per heavy atom. The van der Waals surface area contributed by atoms with E-state index in [0.717, 1.165) is 37.5 Å². The van der Waals surface area contributed by atoms with Crippen molar-refractivity contribution < 1.29 is 4.74 Å². The second-order valence-corrected chi connectivity index (χ2v) is 10.0. The van der Waals surface area contributed by atoms with Crippen molar-refractivity contribution in [3.8, 4) is 11.3 Å². The molecule has 0 amide bonds. The first-order valence-corrected chi connectivity index (χ1v) is 12.1. The Balaban J connectivity index is 1.40. The molecule has 7 nitrogen and oxygen atoms in total. The summed E-state index contributed by atoms with van der Waals surface area (Å²) < 4.78 is 7.28. The maximum Gasteiger partial charge on any atom is 0.158 e. The lowest BCUT2D eigenvalue weighted by Gasteiger charge is -2.41. The van der Waals surface area contributed by atoms with Gasteiger partial charge in [0.1, 0.15) is 6.33 Å². The number of H-pyrrole nitrogens is 1. The van der Waals surface area contributed by atoms with Gasteiger partial charge in [-0.15, -0.1) is 0 Å². The van der Waals surface area contributed by atoms with Crippen molar-refractivity contribution in [3.63, 3.8) is 0 Å². The van der Waals surface area contributed by atoms with Gasteiger partial charge in [-0.1, -0.05) is 13.8 Å². The smallest absolute Gasteiger partial charge is 0.158 e. The topological polar surface area (TPSA) is 71.3 Å². The van der Waals surface area contributed by atoms with E-state index >= 15 is 0 Å². The predicted molar refractivity (Wildman–Crippen MR) is 130 cm³/mol. The van der Waals surface area contributed by atoms with E-state index in [0.29, 0.717) is 17.9 Å². The zero-order valence-corrected chi connectivity index (χ0v) is 19.9. The van der Waals surface area contributed by atoms with Crippen LogP contribution in [0.3, 0.4) is 0 Å². The predicted octanol–water partition coefficient (Wildman–Crippen LogP) is 4.59. The van der Waals surface area contributed by atoms with Gasteiger partial charge in [0.05, 0.1) is 36.7 Å². The Hall–Kier alpha value is -2.77. The van der Waals surface area contributed by atoms with Gasteiger partial charge in [0.25, 0.3) is 0 Å². The fourth-order valence-corrected chi connectivity index (χ4v) is 5.61. The Morgan fingerprint density at radius 2 is 1.88 bits per heavy atom. The molecule has 0 saturated carbocycles. The molecule has 2 fully saturated rings. The van der Waals surface area contributed by atoms with Gasteiger partial charge < -0.3 is 9.72 Å². The highest BCUT2D eigenvalue weighted by molar-refractivity contribution is 5.92. The average molecular weight is 445 g/mol. The Bertz CT molecular complexity index is 1320. The fraction of sp³-hybridized carbons (Fsp3) is 0.500. The third kappa shape index (κ3) is 3.37. The summed E-state index contributed by atoms with van der Waals surface area (Å²) in [6.07, 6.45) is 8.12. The van der Waals surface area contributed by atoms with Crippen molar-refractivity contribution in [2.45, 2.75) is 58.4 Å². The van der Waals surface area contributed by atoms with Gasteiger partial charge in [-0.2, -0.15) is 5.10 Å². The summed E-state index contributed by atoms with van der Waals surface area (Å²) in [4.78, 5) is 15.6. The molecule has 6 heterocycles. The summed E-state index contributed by atoms with van der Waals surface area (Å²) in [5.41, 5.74) is 9.39. The summed E-state index contributed by atoms with van der Waals surface area (Å²) in [5, 5.41) is 5.71. The number of fused-ring (bicyclic) bond motifs is 2. The zero-order chi connectivity index (χ0) is 22.7. The van der Waals surface area contributed by atoms with Gasteiger partial charge in [-0.3, -0.25) is 9.88 Å². The lowest BCUT2D eigenvalue weighted by molar-refractivity contribution is -0.0713. The van der Waals surface area contributed by atoms with Crippen molar-refractivity contribution in [3.05, 3.63) is 47.2 Å². The molecule has 6 rings (SSSR count). The number of rotatable bonds is 4. The maximum absolute atomic E-state index is 5.39. The van der Waals surface area contributed by atoms with E-state index in [1.807, 2.05) is 10.7 Å². The number of aromatic nitrogens is 5. The van der Waals surface area contributed by atoms with E-state index in [2.05, 4.69) is 59.9 Å². The fourth-order valence-electron chi connectivity index (χ4n) is 5.61. The van der Waals surface area contributed by atoms with Crippen LogP contribution in [-0.4, -0.2) is 61.8 Å². The van der Waals surface area contributed by atoms with Crippen LogP contribution in [0.4, 0.5) is 0 Å². The first kappa shape index (κ1) is 20.8. The molecule has 4 aromatic heterocycles. The lowest BCUT2D eigenvalue weighted by atomic mass is 9.90. The third-order valence-corrected chi connectivity index (χ3v) is 7.80. The highest BCUT2D eigenvalue weighted by Crippen LogP contribution is 2.39. The molecule has 2 aliphatic rings. The molecule has 1 N–H and O–H groups in total. The van der Waals surface area contributed by atoms with E-state index in [9.17, 15) is 0 Å². The average Bonchev–Trinajstić information content (AvgIpc) is 3.39. The van der Waals surface area contributed by atoms with Crippen LogP contribution in [0.15, 0.2) is 24.8 Å². The van der Waals surface area contributed by atoms with Gasteiger partial charge >= 0.3 is 0 Å². The molecule has 0 radical (unpaired) electrons. The number of hydrogen-bond acceptors (Lipinski definition) is 5. The molecule has 2 aliphatic heterocycles. The van der Waals surface area contributed by atoms with Crippen LogP contribution in [0.5, 0.6) is 0 Å². The monoisotopic (exact) mass is 444 g/mol. The van der Waals surface area contributed by atoms with Crippen LogP contribution in [0, 0.1) is 13.8 Å². The van der Waals surface area contributed by atoms with Crippen LogP contribution >= 0.6 is 0 Å². The molecule has 0 aliphatic carbocycles. The van der Waals surface area contributed by atoms with E-state index in [1.54, 1.807) is 6.33 Å². The number of nitrogens with zero attached hydrogens (tertiary/aromatic N) is 5. The highest BCUT2D eigenvalue weighted by Gasteiger charge is 2.31. The summed E-state index contributed by atoms with van der Waals surface area (Å²) in [7, 11) is 0. The van der Waals surface area contributed by atoms with Gasteiger partial charge in [-0.05, 0) is 68.5 Å². The molecule has 7 heteroatoms. The standard InChI is InChI=1S/C26H32N6O/c1-15(2)24-20-9-22(18-5-7-31(8-6-18)19-12-33-13-19)27-10-23(20)30-25(24)21-11-32-26(28-14-29-32)17(4)16(21)3/h9-11,14-15,18-19,30H,5-8,12-13H2,1-4H3. The normalized spacial score (nSPS) is 18.6. The molecule has 0 unspecified atom stereocenters. The highest BCUT2D eigenvalue weighted by atomic mass is 16.5. The van der Waals surface area contributed by atoms with Crippen molar-refractivity contribution in [2.24, 2.45) is 0 Å². The first-order valence-electron chi connectivity index (χ1n) is 12.1. The molecule has 0 bridgehead atoms. The second-order valence-electron chi connectivity index (χ2n) is 10.0. The maximum atomic E-state index is 5.39. The molecule has 0 atom stereocenters. The van der Waals surface area contributed by atoms with E-state index in [-0.39, 0.29) is 0 Å². The van der Waals surface area contributed by atoms with Gasteiger partial charge in [0, 0.05) is 28.8 Å². The largest absolute Gasteiger partial charge is 0.378 e. The SMILES string of the molecule is Cc1c(-c2[nH]c3cnc(C4CCN(C5COC5)CC4)cc3c2C(C)C)cn2ncnc2c1C. The summed E-state index contributed by atoms with van der Waals surface area (Å²) in [6.45, 7) is 13.0. The van der Waals surface area contributed by atoms with Gasteiger partial charge in [0.2, 0.25) is 0 Å². The number of ether oxygens (including phenoxy) is 1. The molecular formula is C26H32N6O. The number of nitrogens with one attached hydrogen (secondary N) is 1. The number of aryl methyl sites for hydroxylation is 1. The van der Waals surface area contributed by atoms with Crippen LogP contribution in [0.1, 0.15) is 60.9 Å². The second kappa shape index (κ2) is 7.92. The minimum Gasteiger partial charge on any atom is -0.378 e. The lowest BCUT2D eigenvalue weighted by Crippen LogP contribution is -2.51. The summed E-state index contributed by atoms with van der Waals surface area (Å²) >= 11 is 0. The number of aromatic amines is 1. The quantitative estimate of drug-likeness (QED) is 0.498. The van der Waals surface area contributed by atoms with Gasteiger partial charge in [0.15, 0.2) is 5.65 Å². The first-order chi connectivity index (χ1) is 16.0. The molecular weight excluding hydrogens is 412 g/mol. The van der Waals surface area contributed by atoms with Crippen molar-refractivity contribution in [2.75, 3.05) is 26.3 Å². The summed E-state index contributed by atoms with van der Waals surface area (Å²) in [5.74, 6) is 0.913. The van der Waals surface area contributed by atoms with Crippen molar-refractivity contribution in [1.82, 2.24) is 29.5 Å². The van der Waals surface area contributed by atoms with Crippen molar-refractivity contribution in [1.29, 1.82) is 0 Å². The molecule has 0 aromatic carbocycles. The van der Waals surface area contributed by atoms with Crippen molar-refractivity contribution >= 4 is 16.6 Å². The number of pyridine rings is 2. The zero-order valence-electron chi connectivity index (χ0n) is 19.9. The Morgan fingerprint density at radius 3 is 2.58 bits per heavy atom. The van der Waals surface area contributed by atoms with E-state index in [1.165, 1.54) is 51.9 Å². The van der Waals surface area contributed by atoms with E-state index in [4.69, 9.17) is 9.72 Å². The van der Waals surface area contributed by atoms with Gasteiger partial charge in [-0.25, -0.2) is 9.50 Å². The van der Waals surface area contributed by atoms with E-state index < -0.39 is 0 Å². The molecule has 0 spiro atoms. The minimum absolute atomic E-state index is 0.385. The van der Waals surface area contributed by atoms with Crippen LogP contribution in [0.25, 0.3) is 27.8 Å². The number of piperidine rings is 1. The van der Waals surface area contributed by atoms with Crippen LogP contribution in [0.2, 0.25) is 0 Å². The Kier molecular flexibility index (Phi) is 4.99. The molecule has 4 aromatic rings. The Labute approximate surface area is 194 Å².